The van der Waals surface area contributed by atoms with Gasteiger partial charge in [0.1, 0.15) is 5.76 Å². The Morgan fingerprint density at radius 2 is 1.93 bits per heavy atom. The van der Waals surface area contributed by atoms with E-state index in [2.05, 4.69) is 15.9 Å². The minimum Gasteiger partial charge on any atom is -0.450 e. The standard InChI is InChI=1S/C20H11BrClNO2S3/c21-12-2-1-3-14(10-12)23-19(24)17(28-20(23)26)11-15-6-9-18(25-15)27-16-7-4-13(22)5-8-16/h1-11H/b17-11+. The molecule has 0 N–H and O–H groups in total. The van der Waals surface area contributed by atoms with Crippen LogP contribution in [0.4, 0.5) is 5.69 Å². The number of carbonyl (C=O) groups is 1. The zero-order chi connectivity index (χ0) is 19.7. The van der Waals surface area contributed by atoms with Crippen molar-refractivity contribution in [3.8, 4) is 0 Å². The molecule has 3 aromatic rings. The van der Waals surface area contributed by atoms with Crippen LogP contribution in [0.5, 0.6) is 0 Å². The molecule has 0 aliphatic carbocycles. The van der Waals surface area contributed by atoms with Crippen LogP contribution < -0.4 is 4.90 Å². The van der Waals surface area contributed by atoms with Crippen molar-refractivity contribution >= 4 is 85.3 Å². The summed E-state index contributed by atoms with van der Waals surface area (Å²) in [6, 6.07) is 18.7. The van der Waals surface area contributed by atoms with Crippen molar-refractivity contribution in [2.24, 2.45) is 0 Å². The van der Waals surface area contributed by atoms with E-state index in [1.54, 1.807) is 6.08 Å². The van der Waals surface area contributed by atoms with Crippen LogP contribution in [0.2, 0.25) is 5.02 Å². The van der Waals surface area contributed by atoms with Crippen molar-refractivity contribution < 1.29 is 9.21 Å². The van der Waals surface area contributed by atoms with Gasteiger partial charge in [-0.3, -0.25) is 9.69 Å². The summed E-state index contributed by atoms with van der Waals surface area (Å²) < 4.78 is 7.23. The number of thioether (sulfide) groups is 1. The molecule has 1 aliphatic heterocycles. The second-order valence-corrected chi connectivity index (χ2v) is 9.82. The Morgan fingerprint density at radius 1 is 1.14 bits per heavy atom. The molecular weight excluding hydrogens is 498 g/mol. The molecule has 4 rings (SSSR count). The summed E-state index contributed by atoms with van der Waals surface area (Å²) in [4.78, 5) is 15.9. The molecule has 0 spiro atoms. The molecule has 0 unspecified atom stereocenters. The fourth-order valence-electron chi connectivity index (χ4n) is 2.52. The SMILES string of the molecule is O=C1/C(=C\c2ccc(Sc3ccc(Cl)cc3)o2)SC(=S)N1c1cccc(Br)c1. The first kappa shape index (κ1) is 19.8. The van der Waals surface area contributed by atoms with Crippen molar-refractivity contribution in [3.63, 3.8) is 0 Å². The normalized spacial score (nSPS) is 15.6. The highest BCUT2D eigenvalue weighted by molar-refractivity contribution is 9.10. The lowest BCUT2D eigenvalue weighted by atomic mass is 10.3. The van der Waals surface area contributed by atoms with Gasteiger partial charge in [-0.25, -0.2) is 0 Å². The van der Waals surface area contributed by atoms with E-state index in [1.165, 1.54) is 28.4 Å². The number of hydrogen-bond acceptors (Lipinski definition) is 5. The van der Waals surface area contributed by atoms with E-state index >= 15 is 0 Å². The van der Waals surface area contributed by atoms with E-state index in [4.69, 9.17) is 28.2 Å². The first-order valence-corrected chi connectivity index (χ1v) is 11.3. The van der Waals surface area contributed by atoms with Crippen LogP contribution in [-0.4, -0.2) is 10.2 Å². The Kier molecular flexibility index (Phi) is 5.99. The maximum absolute atomic E-state index is 12.8. The zero-order valence-electron chi connectivity index (χ0n) is 14.1. The van der Waals surface area contributed by atoms with Crippen LogP contribution in [0.25, 0.3) is 6.08 Å². The number of benzene rings is 2. The van der Waals surface area contributed by atoms with Crippen molar-refractivity contribution in [2.45, 2.75) is 9.99 Å². The number of thiocarbonyl (C=S) groups is 1. The molecule has 1 saturated heterocycles. The molecule has 2 heterocycles. The highest BCUT2D eigenvalue weighted by Gasteiger charge is 2.33. The van der Waals surface area contributed by atoms with Crippen molar-refractivity contribution in [1.29, 1.82) is 0 Å². The molecule has 1 fully saturated rings. The quantitative estimate of drug-likeness (QED) is 0.274. The Bertz CT molecular complexity index is 1090. The van der Waals surface area contributed by atoms with E-state index < -0.39 is 0 Å². The summed E-state index contributed by atoms with van der Waals surface area (Å²) in [5.74, 6) is 0.447. The van der Waals surface area contributed by atoms with Gasteiger partial charge in [0, 0.05) is 20.5 Å². The van der Waals surface area contributed by atoms with Crippen molar-refractivity contribution in [3.05, 3.63) is 80.8 Å². The molecule has 0 radical (unpaired) electrons. The third-order valence-electron chi connectivity index (χ3n) is 3.77. The van der Waals surface area contributed by atoms with Gasteiger partial charge in [0.15, 0.2) is 9.41 Å². The third kappa shape index (κ3) is 4.39. The summed E-state index contributed by atoms with van der Waals surface area (Å²) in [6.45, 7) is 0. The maximum atomic E-state index is 12.8. The number of hydrogen-bond donors (Lipinski definition) is 0. The van der Waals surface area contributed by atoms with Crippen molar-refractivity contribution in [2.75, 3.05) is 4.90 Å². The zero-order valence-corrected chi connectivity index (χ0v) is 18.9. The number of rotatable bonds is 4. The predicted molar refractivity (Wildman–Crippen MR) is 124 cm³/mol. The third-order valence-corrected chi connectivity index (χ3v) is 6.74. The number of halogens is 2. The van der Waals surface area contributed by atoms with E-state index in [-0.39, 0.29) is 5.91 Å². The molecule has 8 heteroatoms. The Labute approximate surface area is 189 Å². The van der Waals surface area contributed by atoms with Crippen LogP contribution >= 0.6 is 63.3 Å². The average Bonchev–Trinajstić information content (AvgIpc) is 3.21. The highest BCUT2D eigenvalue weighted by Crippen LogP contribution is 2.37. The number of amides is 1. The van der Waals surface area contributed by atoms with E-state index in [0.29, 0.717) is 20.0 Å². The van der Waals surface area contributed by atoms with E-state index in [1.807, 2.05) is 60.7 Å². The molecule has 0 bridgehead atoms. The van der Waals surface area contributed by atoms with E-state index in [9.17, 15) is 4.79 Å². The van der Waals surface area contributed by atoms with Crippen LogP contribution in [0.3, 0.4) is 0 Å². The topological polar surface area (TPSA) is 33.5 Å². The molecule has 0 atom stereocenters. The fraction of sp³-hybridized carbons (Fsp3) is 0. The molecule has 3 nitrogen and oxygen atoms in total. The lowest BCUT2D eigenvalue weighted by Gasteiger charge is -2.14. The molecule has 2 aromatic carbocycles. The van der Waals surface area contributed by atoms with Gasteiger partial charge >= 0.3 is 0 Å². The van der Waals surface area contributed by atoms with Crippen LogP contribution in [0.1, 0.15) is 5.76 Å². The van der Waals surface area contributed by atoms with Gasteiger partial charge < -0.3 is 4.42 Å². The van der Waals surface area contributed by atoms with Gasteiger partial charge in [0.05, 0.1) is 10.6 Å². The summed E-state index contributed by atoms with van der Waals surface area (Å²) in [7, 11) is 0. The second kappa shape index (κ2) is 8.47. The largest absolute Gasteiger partial charge is 0.450 e. The van der Waals surface area contributed by atoms with Crippen LogP contribution in [-0.2, 0) is 4.79 Å². The van der Waals surface area contributed by atoms with Gasteiger partial charge in [0.2, 0.25) is 0 Å². The summed E-state index contributed by atoms with van der Waals surface area (Å²) in [6.07, 6.45) is 1.73. The summed E-state index contributed by atoms with van der Waals surface area (Å²) >= 11 is 17.5. The molecule has 0 saturated carbocycles. The first-order valence-electron chi connectivity index (χ1n) is 8.06. The number of furan rings is 1. The minimum absolute atomic E-state index is 0.156. The molecule has 140 valence electrons. The average molecular weight is 509 g/mol. The smallest absolute Gasteiger partial charge is 0.270 e. The lowest BCUT2D eigenvalue weighted by molar-refractivity contribution is -0.113. The molecule has 28 heavy (non-hydrogen) atoms. The van der Waals surface area contributed by atoms with E-state index in [0.717, 1.165) is 20.1 Å². The Balaban J connectivity index is 1.53. The van der Waals surface area contributed by atoms with Gasteiger partial charge in [-0.05, 0) is 54.6 Å². The number of carbonyl (C=O) groups excluding carboxylic acids is 1. The Morgan fingerprint density at radius 3 is 2.68 bits per heavy atom. The van der Waals surface area contributed by atoms with Gasteiger partial charge in [-0.15, -0.1) is 0 Å². The van der Waals surface area contributed by atoms with Gasteiger partial charge in [-0.2, -0.15) is 0 Å². The Hall–Kier alpha value is -1.51. The highest BCUT2D eigenvalue weighted by atomic mass is 79.9. The lowest BCUT2D eigenvalue weighted by Crippen LogP contribution is -2.27. The molecule has 1 aromatic heterocycles. The minimum atomic E-state index is -0.156. The van der Waals surface area contributed by atoms with Gasteiger partial charge in [0.25, 0.3) is 5.91 Å². The molecule has 1 aliphatic rings. The van der Waals surface area contributed by atoms with Crippen molar-refractivity contribution in [1.82, 2.24) is 0 Å². The van der Waals surface area contributed by atoms with Crippen LogP contribution in [0, 0.1) is 0 Å². The fourth-order valence-corrected chi connectivity index (χ4v) is 5.09. The predicted octanol–water partition coefficient (Wildman–Crippen LogP) is 7.25. The summed E-state index contributed by atoms with van der Waals surface area (Å²) in [5.41, 5.74) is 0.735. The monoisotopic (exact) mass is 507 g/mol. The first-order chi connectivity index (χ1) is 13.5. The molecular formula is C20H11BrClNO2S3. The maximum Gasteiger partial charge on any atom is 0.270 e. The second-order valence-electron chi connectivity index (χ2n) is 5.71. The summed E-state index contributed by atoms with van der Waals surface area (Å²) in [5, 5.41) is 1.42. The number of anilines is 1. The molecule has 1 amide bonds. The van der Waals surface area contributed by atoms with Gasteiger partial charge in [-0.1, -0.05) is 69.3 Å². The van der Waals surface area contributed by atoms with Crippen LogP contribution in [0.15, 0.2) is 84.4 Å². The number of nitrogens with zero attached hydrogens (tertiary/aromatic N) is 1.